The number of nitrogens with zero attached hydrogens (tertiary/aromatic N) is 1. The van der Waals surface area contributed by atoms with E-state index in [1.807, 2.05) is 13.8 Å². The highest BCUT2D eigenvalue weighted by Gasteiger charge is 2.06. The Kier molecular flexibility index (Phi) is 13.2. The third-order valence-corrected chi connectivity index (χ3v) is 2.09. The fraction of sp³-hybridized carbons (Fsp3) is 1.00. The van der Waals surface area contributed by atoms with Gasteiger partial charge in [0.1, 0.15) is 0 Å². The lowest BCUT2D eigenvalue weighted by atomic mass is 10.1. The van der Waals surface area contributed by atoms with Crippen molar-refractivity contribution >= 4 is 0 Å². The van der Waals surface area contributed by atoms with Gasteiger partial charge >= 0.3 is 0 Å². The summed E-state index contributed by atoms with van der Waals surface area (Å²) in [5.41, 5.74) is 0. The number of hydrogen-bond acceptors (Lipinski definition) is 1. The van der Waals surface area contributed by atoms with Crippen molar-refractivity contribution in [1.82, 2.24) is 4.90 Å². The number of unbranched alkanes of at least 4 members (excludes halogenated alkanes) is 1. The third-order valence-electron chi connectivity index (χ3n) is 2.09. The summed E-state index contributed by atoms with van der Waals surface area (Å²) in [7, 11) is 4.34. The van der Waals surface area contributed by atoms with Crippen LogP contribution in [0.25, 0.3) is 0 Å². The standard InChI is InChI=1S/C9H21N.C2H6/c1-5-7-8-9(6-2)10(3)4;1-2/h9H,5-8H2,1-4H3;1-2H3. The molecule has 0 N–H and O–H groups in total. The Hall–Kier alpha value is -0.0400. The van der Waals surface area contributed by atoms with Crippen molar-refractivity contribution in [3.05, 3.63) is 0 Å². The highest BCUT2D eigenvalue weighted by molar-refractivity contribution is 4.62. The van der Waals surface area contributed by atoms with Gasteiger partial charge in [0, 0.05) is 6.04 Å². The van der Waals surface area contributed by atoms with Crippen LogP contribution in [0.3, 0.4) is 0 Å². The maximum Gasteiger partial charge on any atom is 0.00865 e. The van der Waals surface area contributed by atoms with Crippen LogP contribution in [0.5, 0.6) is 0 Å². The van der Waals surface area contributed by atoms with Crippen molar-refractivity contribution in [2.24, 2.45) is 0 Å². The maximum absolute atomic E-state index is 2.33. The SMILES string of the molecule is CC.CCCCC(CC)N(C)C. The fourth-order valence-corrected chi connectivity index (χ4v) is 1.27. The number of hydrogen-bond donors (Lipinski definition) is 0. The zero-order chi connectivity index (χ0) is 9.98. The van der Waals surface area contributed by atoms with Gasteiger partial charge in [0.15, 0.2) is 0 Å². The van der Waals surface area contributed by atoms with E-state index in [0.717, 1.165) is 6.04 Å². The molecule has 12 heavy (non-hydrogen) atoms. The van der Waals surface area contributed by atoms with Gasteiger partial charge in [-0.2, -0.15) is 0 Å². The van der Waals surface area contributed by atoms with Crippen molar-refractivity contribution in [1.29, 1.82) is 0 Å². The molecule has 1 heteroatoms. The molecule has 0 bridgehead atoms. The van der Waals surface area contributed by atoms with Crippen LogP contribution in [-0.2, 0) is 0 Å². The molecule has 0 aliphatic heterocycles. The second kappa shape index (κ2) is 11.0. The van der Waals surface area contributed by atoms with E-state index in [1.54, 1.807) is 0 Å². The maximum atomic E-state index is 2.33. The Morgan fingerprint density at radius 3 is 1.83 bits per heavy atom. The summed E-state index contributed by atoms with van der Waals surface area (Å²) in [6.07, 6.45) is 5.34. The molecule has 0 fully saturated rings. The predicted octanol–water partition coefficient (Wildman–Crippen LogP) is 3.54. The highest BCUT2D eigenvalue weighted by atomic mass is 15.1. The first-order chi connectivity index (χ1) is 5.72. The van der Waals surface area contributed by atoms with Gasteiger partial charge in [0.2, 0.25) is 0 Å². The molecule has 0 rings (SSSR count). The first kappa shape index (κ1) is 14.5. The van der Waals surface area contributed by atoms with Crippen molar-refractivity contribution in [2.75, 3.05) is 14.1 Å². The summed E-state index contributed by atoms with van der Waals surface area (Å²) in [6, 6.07) is 0.806. The van der Waals surface area contributed by atoms with Crippen LogP contribution in [0.1, 0.15) is 53.4 Å². The van der Waals surface area contributed by atoms with E-state index in [2.05, 4.69) is 32.8 Å². The molecule has 1 unspecified atom stereocenters. The molecule has 1 atom stereocenters. The van der Waals surface area contributed by atoms with Gasteiger partial charge in [-0.25, -0.2) is 0 Å². The van der Waals surface area contributed by atoms with Crippen LogP contribution >= 0.6 is 0 Å². The van der Waals surface area contributed by atoms with Gasteiger partial charge in [0.05, 0.1) is 0 Å². The van der Waals surface area contributed by atoms with Crippen molar-refractivity contribution in [2.45, 2.75) is 59.4 Å². The lowest BCUT2D eigenvalue weighted by Crippen LogP contribution is -2.26. The van der Waals surface area contributed by atoms with Crippen molar-refractivity contribution < 1.29 is 0 Å². The Labute approximate surface area is 79.2 Å². The Bertz CT molecular complexity index is 69.4. The number of rotatable bonds is 5. The van der Waals surface area contributed by atoms with E-state index in [0.29, 0.717) is 0 Å². The van der Waals surface area contributed by atoms with E-state index in [9.17, 15) is 0 Å². The zero-order valence-electron chi connectivity index (χ0n) is 9.85. The summed E-state index contributed by atoms with van der Waals surface area (Å²) < 4.78 is 0. The van der Waals surface area contributed by atoms with Crippen LogP contribution in [0, 0.1) is 0 Å². The minimum atomic E-state index is 0.806. The molecule has 0 heterocycles. The molecular weight excluding hydrogens is 146 g/mol. The van der Waals surface area contributed by atoms with Crippen LogP contribution in [-0.4, -0.2) is 25.0 Å². The molecule has 0 aromatic carbocycles. The molecule has 0 aliphatic rings. The summed E-state index contributed by atoms with van der Waals surface area (Å²) >= 11 is 0. The average molecular weight is 173 g/mol. The molecule has 0 aromatic rings. The second-order valence-electron chi connectivity index (χ2n) is 3.17. The molecule has 76 valence electrons. The van der Waals surface area contributed by atoms with Crippen LogP contribution < -0.4 is 0 Å². The van der Waals surface area contributed by atoms with E-state index in [4.69, 9.17) is 0 Å². The molecule has 0 amide bonds. The first-order valence-corrected chi connectivity index (χ1v) is 5.38. The summed E-state index contributed by atoms with van der Waals surface area (Å²) in [5.74, 6) is 0. The topological polar surface area (TPSA) is 3.24 Å². The molecule has 0 aromatic heterocycles. The largest absolute Gasteiger partial charge is 0.306 e. The van der Waals surface area contributed by atoms with Crippen molar-refractivity contribution in [3.8, 4) is 0 Å². The Morgan fingerprint density at radius 1 is 1.08 bits per heavy atom. The molecular formula is C11H27N. The van der Waals surface area contributed by atoms with Gasteiger partial charge in [-0.1, -0.05) is 40.5 Å². The van der Waals surface area contributed by atoms with Gasteiger partial charge < -0.3 is 4.90 Å². The predicted molar refractivity (Wildman–Crippen MR) is 58.6 cm³/mol. The van der Waals surface area contributed by atoms with E-state index in [1.165, 1.54) is 25.7 Å². The molecule has 0 spiro atoms. The molecule has 1 nitrogen and oxygen atoms in total. The van der Waals surface area contributed by atoms with Gasteiger partial charge in [-0.05, 0) is 26.9 Å². The summed E-state index contributed by atoms with van der Waals surface area (Å²) in [6.45, 7) is 8.52. The Morgan fingerprint density at radius 2 is 1.58 bits per heavy atom. The molecule has 0 saturated carbocycles. The van der Waals surface area contributed by atoms with Crippen LogP contribution in [0.4, 0.5) is 0 Å². The lowest BCUT2D eigenvalue weighted by molar-refractivity contribution is 0.266. The quantitative estimate of drug-likeness (QED) is 0.614. The third kappa shape index (κ3) is 8.06. The second-order valence-corrected chi connectivity index (χ2v) is 3.17. The molecule has 0 saturated heterocycles. The first-order valence-electron chi connectivity index (χ1n) is 5.38. The van der Waals surface area contributed by atoms with E-state index in [-0.39, 0.29) is 0 Å². The smallest absolute Gasteiger partial charge is 0.00865 e. The summed E-state index contributed by atoms with van der Waals surface area (Å²) in [4.78, 5) is 2.33. The fourth-order valence-electron chi connectivity index (χ4n) is 1.27. The van der Waals surface area contributed by atoms with Crippen LogP contribution in [0.2, 0.25) is 0 Å². The van der Waals surface area contributed by atoms with Crippen molar-refractivity contribution in [3.63, 3.8) is 0 Å². The molecule has 0 radical (unpaired) electrons. The van der Waals surface area contributed by atoms with Gasteiger partial charge in [-0.15, -0.1) is 0 Å². The van der Waals surface area contributed by atoms with E-state index < -0.39 is 0 Å². The van der Waals surface area contributed by atoms with Gasteiger partial charge in [0.25, 0.3) is 0 Å². The minimum absolute atomic E-state index is 0.806. The monoisotopic (exact) mass is 173 g/mol. The Balaban J connectivity index is 0. The summed E-state index contributed by atoms with van der Waals surface area (Å²) in [5, 5.41) is 0. The zero-order valence-corrected chi connectivity index (χ0v) is 9.85. The normalized spacial score (nSPS) is 12.2. The van der Waals surface area contributed by atoms with Crippen LogP contribution in [0.15, 0.2) is 0 Å². The van der Waals surface area contributed by atoms with E-state index >= 15 is 0 Å². The minimum Gasteiger partial charge on any atom is -0.306 e. The van der Waals surface area contributed by atoms with Gasteiger partial charge in [-0.3, -0.25) is 0 Å². The average Bonchev–Trinajstić information content (AvgIpc) is 2.09. The molecule has 0 aliphatic carbocycles. The lowest BCUT2D eigenvalue weighted by Gasteiger charge is -2.22. The highest BCUT2D eigenvalue weighted by Crippen LogP contribution is 2.08.